The Morgan fingerprint density at radius 1 is 0.392 bits per heavy atom. The quantitative estimate of drug-likeness (QED) is 0.0359. The number of ether oxygens (including phenoxy) is 3. The van der Waals surface area contributed by atoms with Crippen LogP contribution in [0.4, 0.5) is 0 Å². The molecule has 0 aliphatic rings. The molecule has 0 fully saturated rings. The van der Waals surface area contributed by atoms with Gasteiger partial charge in [-0.05, 0) is 37.0 Å². The summed E-state index contributed by atoms with van der Waals surface area (Å²) in [6, 6.07) is 0. The zero-order valence-corrected chi connectivity index (χ0v) is 34.9. The van der Waals surface area contributed by atoms with Gasteiger partial charge in [-0.3, -0.25) is 14.4 Å². The highest BCUT2D eigenvalue weighted by Gasteiger charge is 2.19. The Morgan fingerprint density at radius 3 is 1.02 bits per heavy atom. The van der Waals surface area contributed by atoms with E-state index >= 15 is 0 Å². The summed E-state index contributed by atoms with van der Waals surface area (Å²) in [6.45, 7) is 13.6. The SMILES string of the molecule is CCC(C)CCCCCCCCCCCCC(=O)OC[C@H](COC(=O)CCCCCCCCC(C)CC)OC(=O)CCCCCCCCC(C)C. The molecule has 3 atom stereocenters. The number of esters is 3. The molecule has 0 spiro atoms. The molecule has 0 aromatic rings. The van der Waals surface area contributed by atoms with Gasteiger partial charge in [-0.1, -0.05) is 196 Å². The summed E-state index contributed by atoms with van der Waals surface area (Å²) in [4.78, 5) is 37.6. The molecule has 0 radical (unpaired) electrons. The summed E-state index contributed by atoms with van der Waals surface area (Å²) in [7, 11) is 0. The maximum atomic E-state index is 12.6. The van der Waals surface area contributed by atoms with Gasteiger partial charge < -0.3 is 14.2 Å². The normalized spacial score (nSPS) is 13.2. The van der Waals surface area contributed by atoms with Crippen LogP contribution in [0.5, 0.6) is 0 Å². The molecule has 2 unspecified atom stereocenters. The first-order valence-electron chi connectivity index (χ1n) is 22.2. The molecule has 51 heavy (non-hydrogen) atoms. The van der Waals surface area contributed by atoms with E-state index in [4.69, 9.17) is 14.2 Å². The first-order chi connectivity index (χ1) is 24.7. The van der Waals surface area contributed by atoms with Crippen molar-refractivity contribution in [3.63, 3.8) is 0 Å². The van der Waals surface area contributed by atoms with Crippen molar-refractivity contribution < 1.29 is 28.6 Å². The molecule has 0 aliphatic heterocycles. The lowest BCUT2D eigenvalue weighted by atomic mass is 9.99. The Bertz CT molecular complexity index is 796. The van der Waals surface area contributed by atoms with E-state index in [9.17, 15) is 14.4 Å². The average molecular weight is 723 g/mol. The minimum absolute atomic E-state index is 0.0677. The topological polar surface area (TPSA) is 78.9 Å². The molecule has 0 aromatic heterocycles. The second-order valence-electron chi connectivity index (χ2n) is 16.3. The van der Waals surface area contributed by atoms with Crippen molar-refractivity contribution in [2.24, 2.45) is 17.8 Å². The largest absolute Gasteiger partial charge is 0.462 e. The van der Waals surface area contributed by atoms with Gasteiger partial charge in [-0.25, -0.2) is 0 Å². The van der Waals surface area contributed by atoms with Crippen LogP contribution in [0.3, 0.4) is 0 Å². The minimum Gasteiger partial charge on any atom is -0.462 e. The maximum absolute atomic E-state index is 12.6. The molecule has 0 amide bonds. The van der Waals surface area contributed by atoms with Crippen LogP contribution in [0.25, 0.3) is 0 Å². The lowest BCUT2D eigenvalue weighted by Crippen LogP contribution is -2.30. The van der Waals surface area contributed by atoms with E-state index in [1.54, 1.807) is 0 Å². The van der Waals surface area contributed by atoms with E-state index in [0.717, 1.165) is 75.5 Å². The van der Waals surface area contributed by atoms with Crippen LogP contribution in [0, 0.1) is 17.8 Å². The molecule has 0 saturated heterocycles. The third kappa shape index (κ3) is 36.6. The molecular formula is C45H86O6. The summed E-state index contributed by atoms with van der Waals surface area (Å²) in [5.41, 5.74) is 0. The van der Waals surface area contributed by atoms with Gasteiger partial charge in [0.05, 0.1) is 0 Å². The number of unbranched alkanes of at least 4 members (excludes halogenated alkanes) is 19. The van der Waals surface area contributed by atoms with Crippen molar-refractivity contribution in [3.05, 3.63) is 0 Å². The third-order valence-electron chi connectivity index (χ3n) is 10.6. The van der Waals surface area contributed by atoms with Crippen LogP contribution in [0.1, 0.15) is 234 Å². The molecular weight excluding hydrogens is 636 g/mol. The maximum Gasteiger partial charge on any atom is 0.306 e. The third-order valence-corrected chi connectivity index (χ3v) is 10.6. The second-order valence-corrected chi connectivity index (χ2v) is 16.3. The lowest BCUT2D eigenvalue weighted by Gasteiger charge is -2.18. The van der Waals surface area contributed by atoms with Crippen molar-refractivity contribution >= 4 is 17.9 Å². The predicted octanol–water partition coefficient (Wildman–Crippen LogP) is 13.7. The molecule has 0 bridgehead atoms. The predicted molar refractivity (Wildman–Crippen MR) is 215 cm³/mol. The number of carbonyl (C=O) groups excluding carboxylic acids is 3. The summed E-state index contributed by atoms with van der Waals surface area (Å²) in [6.07, 6.45) is 32.4. The minimum atomic E-state index is -0.762. The fourth-order valence-electron chi connectivity index (χ4n) is 6.46. The highest BCUT2D eigenvalue weighted by atomic mass is 16.6. The fraction of sp³-hybridized carbons (Fsp3) is 0.933. The van der Waals surface area contributed by atoms with E-state index in [1.807, 2.05) is 0 Å². The summed E-state index contributed by atoms with van der Waals surface area (Å²) in [5, 5.41) is 0. The zero-order chi connectivity index (χ0) is 37.8. The molecule has 0 saturated carbocycles. The van der Waals surface area contributed by atoms with Crippen molar-refractivity contribution in [1.29, 1.82) is 0 Å². The number of hydrogen-bond donors (Lipinski definition) is 0. The molecule has 6 nitrogen and oxygen atoms in total. The van der Waals surface area contributed by atoms with Gasteiger partial charge in [0.15, 0.2) is 6.10 Å². The van der Waals surface area contributed by atoms with Crippen LogP contribution in [-0.4, -0.2) is 37.2 Å². The molecule has 0 rings (SSSR count). The van der Waals surface area contributed by atoms with Gasteiger partial charge >= 0.3 is 17.9 Å². The summed E-state index contributed by atoms with van der Waals surface area (Å²) < 4.78 is 16.7. The molecule has 0 heterocycles. The van der Waals surface area contributed by atoms with Crippen LogP contribution in [0.2, 0.25) is 0 Å². The van der Waals surface area contributed by atoms with Gasteiger partial charge in [0.2, 0.25) is 0 Å². The summed E-state index contributed by atoms with van der Waals surface area (Å²) >= 11 is 0. The zero-order valence-electron chi connectivity index (χ0n) is 34.9. The molecule has 0 N–H and O–H groups in total. The fourth-order valence-corrected chi connectivity index (χ4v) is 6.46. The molecule has 0 aliphatic carbocycles. The van der Waals surface area contributed by atoms with E-state index in [1.165, 1.54) is 116 Å². The van der Waals surface area contributed by atoms with Crippen LogP contribution >= 0.6 is 0 Å². The Hall–Kier alpha value is -1.59. The van der Waals surface area contributed by atoms with Gasteiger partial charge in [0.25, 0.3) is 0 Å². The van der Waals surface area contributed by atoms with E-state index in [2.05, 4.69) is 41.5 Å². The Balaban J connectivity index is 4.33. The number of hydrogen-bond acceptors (Lipinski definition) is 6. The van der Waals surface area contributed by atoms with Gasteiger partial charge in [0, 0.05) is 19.3 Å². The van der Waals surface area contributed by atoms with Crippen LogP contribution in [0.15, 0.2) is 0 Å². The van der Waals surface area contributed by atoms with Gasteiger partial charge in [0.1, 0.15) is 13.2 Å². The van der Waals surface area contributed by atoms with Crippen LogP contribution < -0.4 is 0 Å². The Labute approximate surface area is 317 Å². The first-order valence-corrected chi connectivity index (χ1v) is 22.2. The lowest BCUT2D eigenvalue weighted by molar-refractivity contribution is -0.167. The number of rotatable bonds is 38. The van der Waals surface area contributed by atoms with Crippen molar-refractivity contribution in [2.75, 3.05) is 13.2 Å². The highest BCUT2D eigenvalue weighted by molar-refractivity contribution is 5.71. The molecule has 302 valence electrons. The standard InChI is InChI=1S/C45H86O6/c1-7-40(5)32-26-20-13-11-9-10-12-14-22-28-34-43(46)49-37-42(51-45(48)36-30-24-17-15-19-25-31-39(3)4)38-50-44(47)35-29-23-18-16-21-27-33-41(6)8-2/h39-42H,7-38H2,1-6H3/t40?,41?,42-/m1/s1. The summed E-state index contributed by atoms with van der Waals surface area (Å²) in [5.74, 6) is 1.57. The van der Waals surface area contributed by atoms with Crippen LogP contribution in [-0.2, 0) is 28.6 Å². The monoisotopic (exact) mass is 723 g/mol. The number of carbonyl (C=O) groups is 3. The van der Waals surface area contributed by atoms with E-state index in [-0.39, 0.29) is 31.1 Å². The highest BCUT2D eigenvalue weighted by Crippen LogP contribution is 2.17. The van der Waals surface area contributed by atoms with E-state index in [0.29, 0.717) is 19.3 Å². The van der Waals surface area contributed by atoms with Gasteiger partial charge in [-0.15, -0.1) is 0 Å². The molecule has 6 heteroatoms. The van der Waals surface area contributed by atoms with Crippen molar-refractivity contribution in [3.8, 4) is 0 Å². The smallest absolute Gasteiger partial charge is 0.306 e. The Kier molecular flexibility index (Phi) is 35.6. The first kappa shape index (κ1) is 49.4. The average Bonchev–Trinajstić information content (AvgIpc) is 3.11. The molecule has 0 aromatic carbocycles. The van der Waals surface area contributed by atoms with Crippen molar-refractivity contribution in [2.45, 2.75) is 240 Å². The Morgan fingerprint density at radius 2 is 0.686 bits per heavy atom. The van der Waals surface area contributed by atoms with Crippen molar-refractivity contribution in [1.82, 2.24) is 0 Å². The van der Waals surface area contributed by atoms with Gasteiger partial charge in [-0.2, -0.15) is 0 Å². The second kappa shape index (κ2) is 36.8. The van der Waals surface area contributed by atoms with E-state index < -0.39 is 6.10 Å².